The Morgan fingerprint density at radius 3 is 1.66 bits per heavy atom. The summed E-state index contributed by atoms with van der Waals surface area (Å²) >= 11 is 0. The number of unbranched alkanes of at least 4 members (excludes halogenated alkanes) is 14. The lowest BCUT2D eigenvalue weighted by atomic mass is 10.1. The van der Waals surface area contributed by atoms with Crippen LogP contribution in [0.25, 0.3) is 0 Å². The van der Waals surface area contributed by atoms with E-state index in [2.05, 4.69) is 74.6 Å². The molecule has 0 fully saturated rings. The van der Waals surface area contributed by atoms with Crippen molar-refractivity contribution < 1.29 is 37.3 Å². The number of carbonyl (C=O) groups excluding carboxylic acids is 1. The number of likely N-dealkylation sites (N-methyl/N-ethyl adjacent to an activating group) is 1. The highest BCUT2D eigenvalue weighted by molar-refractivity contribution is 7.45. The van der Waals surface area contributed by atoms with Crippen LogP contribution in [0.1, 0.15) is 155 Å². The number of hydrogen-bond acceptors (Lipinski definition) is 7. The number of allylic oxidation sites excluding steroid dienone is 10. The Balaban J connectivity index is 4.31. The molecule has 0 N–H and O–H groups in total. The summed E-state index contributed by atoms with van der Waals surface area (Å²) in [5.74, 6) is -0.354. The second kappa shape index (κ2) is 37.1. The van der Waals surface area contributed by atoms with Gasteiger partial charge in [0, 0.05) is 13.0 Å². The van der Waals surface area contributed by atoms with Gasteiger partial charge in [0.1, 0.15) is 19.3 Å². The van der Waals surface area contributed by atoms with E-state index < -0.39 is 13.9 Å². The van der Waals surface area contributed by atoms with E-state index in [-0.39, 0.29) is 25.8 Å². The molecule has 0 bridgehead atoms. The van der Waals surface area contributed by atoms with Crippen LogP contribution in [0, 0.1) is 0 Å². The van der Waals surface area contributed by atoms with Gasteiger partial charge in [-0.1, -0.05) is 132 Å². The number of carbonyl (C=O) groups is 1. The van der Waals surface area contributed by atoms with E-state index in [1.807, 2.05) is 21.1 Å². The van der Waals surface area contributed by atoms with Crippen molar-refractivity contribution in [3.8, 4) is 0 Å². The fraction of sp³-hybridized carbons (Fsp3) is 0.750. The zero-order valence-corrected chi connectivity index (χ0v) is 35.6. The molecule has 53 heavy (non-hydrogen) atoms. The standard InChI is InChI=1S/C44H80NO7P/c1-6-8-10-12-14-16-18-20-21-22-23-24-26-28-30-32-34-36-39-49-41-43(42-51-53(47,48)50-40-38-45(3,4)5)52-44(46)37-35-33-31-29-27-25-19-17-15-13-11-9-7-2/h8,10,14,16-17,19-21,23-24,43H,6-7,9,11-13,15,18,22,25-42H2,1-5H3/b10-8-,16-14-,19-17-,21-20-,24-23-. The van der Waals surface area contributed by atoms with Crippen molar-refractivity contribution >= 4 is 13.8 Å². The summed E-state index contributed by atoms with van der Waals surface area (Å²) in [5.41, 5.74) is 0. The highest BCUT2D eigenvalue weighted by Crippen LogP contribution is 2.38. The number of ether oxygens (including phenoxy) is 2. The number of hydrogen-bond donors (Lipinski definition) is 0. The summed E-state index contributed by atoms with van der Waals surface area (Å²) < 4.78 is 34.5. The second-order valence-electron chi connectivity index (χ2n) is 15.0. The Kier molecular flexibility index (Phi) is 35.9. The number of rotatable bonds is 38. The van der Waals surface area contributed by atoms with Gasteiger partial charge in [-0.2, -0.15) is 0 Å². The lowest BCUT2D eigenvalue weighted by molar-refractivity contribution is -0.870. The van der Waals surface area contributed by atoms with Gasteiger partial charge in [0.15, 0.2) is 0 Å². The van der Waals surface area contributed by atoms with Crippen LogP contribution in [0.2, 0.25) is 0 Å². The molecule has 2 atom stereocenters. The van der Waals surface area contributed by atoms with Gasteiger partial charge >= 0.3 is 5.97 Å². The van der Waals surface area contributed by atoms with Crippen LogP contribution in [0.15, 0.2) is 60.8 Å². The van der Waals surface area contributed by atoms with Gasteiger partial charge in [0.2, 0.25) is 0 Å². The Bertz CT molecular complexity index is 1030. The van der Waals surface area contributed by atoms with Crippen LogP contribution >= 0.6 is 7.82 Å². The van der Waals surface area contributed by atoms with Gasteiger partial charge < -0.3 is 27.9 Å². The summed E-state index contributed by atoms with van der Waals surface area (Å²) in [4.78, 5) is 25.0. The van der Waals surface area contributed by atoms with E-state index in [9.17, 15) is 14.3 Å². The van der Waals surface area contributed by atoms with Gasteiger partial charge in [-0.05, 0) is 77.0 Å². The van der Waals surface area contributed by atoms with Crippen molar-refractivity contribution in [2.45, 2.75) is 161 Å². The van der Waals surface area contributed by atoms with Crippen molar-refractivity contribution in [3.05, 3.63) is 60.8 Å². The molecule has 0 saturated heterocycles. The van der Waals surface area contributed by atoms with E-state index in [4.69, 9.17) is 18.5 Å². The molecule has 0 aromatic carbocycles. The quantitative estimate of drug-likeness (QED) is 0.0203. The van der Waals surface area contributed by atoms with Gasteiger partial charge in [-0.3, -0.25) is 9.36 Å². The number of esters is 1. The number of phosphoric acid groups is 1. The minimum Gasteiger partial charge on any atom is -0.756 e. The maximum absolute atomic E-state index is 12.6. The van der Waals surface area contributed by atoms with Crippen LogP contribution < -0.4 is 4.89 Å². The van der Waals surface area contributed by atoms with E-state index >= 15 is 0 Å². The summed E-state index contributed by atoms with van der Waals surface area (Å²) in [5, 5.41) is 0. The molecule has 8 nitrogen and oxygen atoms in total. The van der Waals surface area contributed by atoms with E-state index in [0.717, 1.165) is 83.5 Å². The van der Waals surface area contributed by atoms with Crippen LogP contribution in [0.5, 0.6) is 0 Å². The third-order valence-corrected chi connectivity index (χ3v) is 9.52. The summed E-state index contributed by atoms with van der Waals surface area (Å²) in [6, 6.07) is 0. The van der Waals surface area contributed by atoms with E-state index in [0.29, 0.717) is 24.1 Å². The molecule has 0 aliphatic rings. The third kappa shape index (κ3) is 41.2. The molecule has 9 heteroatoms. The number of quaternary nitrogens is 1. The zero-order valence-electron chi connectivity index (χ0n) is 34.7. The molecule has 0 saturated carbocycles. The molecule has 0 rings (SSSR count). The van der Waals surface area contributed by atoms with Crippen molar-refractivity contribution in [2.75, 3.05) is 54.1 Å². The molecule has 0 aliphatic heterocycles. The molecule has 0 aromatic rings. The molecule has 0 aromatic heterocycles. The van der Waals surface area contributed by atoms with E-state index in [1.165, 1.54) is 51.4 Å². The first-order valence-electron chi connectivity index (χ1n) is 21.0. The van der Waals surface area contributed by atoms with Crippen LogP contribution in [-0.4, -0.2) is 70.7 Å². The molecular formula is C44H80NO7P. The molecular weight excluding hydrogens is 685 g/mol. The van der Waals surface area contributed by atoms with Crippen LogP contribution in [0.4, 0.5) is 0 Å². The molecule has 0 radical (unpaired) electrons. The third-order valence-electron chi connectivity index (χ3n) is 8.55. The van der Waals surface area contributed by atoms with Gasteiger partial charge in [0.05, 0.1) is 34.4 Å². The Morgan fingerprint density at radius 1 is 0.604 bits per heavy atom. The molecule has 0 heterocycles. The monoisotopic (exact) mass is 766 g/mol. The molecule has 2 unspecified atom stereocenters. The van der Waals surface area contributed by atoms with Crippen molar-refractivity contribution in [3.63, 3.8) is 0 Å². The maximum atomic E-state index is 12.6. The van der Waals surface area contributed by atoms with Gasteiger partial charge in [-0.25, -0.2) is 0 Å². The summed E-state index contributed by atoms with van der Waals surface area (Å²) in [6.45, 7) is 5.21. The predicted molar refractivity (Wildman–Crippen MR) is 222 cm³/mol. The first-order valence-corrected chi connectivity index (χ1v) is 22.5. The first kappa shape index (κ1) is 51.2. The van der Waals surface area contributed by atoms with Crippen molar-refractivity contribution in [1.82, 2.24) is 0 Å². The normalized spacial score (nSPS) is 14.5. The van der Waals surface area contributed by atoms with Gasteiger partial charge in [-0.15, -0.1) is 0 Å². The number of nitrogens with zero attached hydrogens (tertiary/aromatic N) is 1. The molecule has 0 aliphatic carbocycles. The molecule has 308 valence electrons. The maximum Gasteiger partial charge on any atom is 0.306 e. The molecule has 0 amide bonds. The minimum absolute atomic E-state index is 0.0179. The Morgan fingerprint density at radius 2 is 1.09 bits per heavy atom. The lowest BCUT2D eigenvalue weighted by Gasteiger charge is -2.28. The smallest absolute Gasteiger partial charge is 0.306 e. The largest absolute Gasteiger partial charge is 0.756 e. The first-order chi connectivity index (χ1) is 25.6. The Labute approximate surface area is 326 Å². The average molecular weight is 766 g/mol. The minimum atomic E-state index is -4.53. The fourth-order valence-electron chi connectivity index (χ4n) is 5.29. The topological polar surface area (TPSA) is 94.1 Å². The van der Waals surface area contributed by atoms with Crippen LogP contribution in [-0.2, 0) is 27.9 Å². The highest BCUT2D eigenvalue weighted by Gasteiger charge is 2.20. The average Bonchev–Trinajstić information content (AvgIpc) is 3.11. The van der Waals surface area contributed by atoms with Crippen molar-refractivity contribution in [2.24, 2.45) is 0 Å². The Hall–Kier alpha value is -1.80. The van der Waals surface area contributed by atoms with Crippen molar-refractivity contribution in [1.29, 1.82) is 0 Å². The zero-order chi connectivity index (χ0) is 39.1. The summed E-state index contributed by atoms with van der Waals surface area (Å²) in [6.07, 6.45) is 45.1. The van der Waals surface area contributed by atoms with Crippen LogP contribution in [0.3, 0.4) is 0 Å². The fourth-order valence-corrected chi connectivity index (χ4v) is 6.02. The SMILES string of the molecule is CC/C=C\C/C=C\C/C=C\C/C=C\CCCCCCCOCC(COP(=O)([O-])OCC[N+](C)(C)C)OC(=O)CCCCCCC/C=C\CCCCCC. The van der Waals surface area contributed by atoms with E-state index in [1.54, 1.807) is 0 Å². The highest BCUT2D eigenvalue weighted by atomic mass is 31.2. The van der Waals surface area contributed by atoms with Gasteiger partial charge in [0.25, 0.3) is 7.82 Å². The number of phosphoric ester groups is 1. The molecule has 0 spiro atoms. The lowest BCUT2D eigenvalue weighted by Crippen LogP contribution is -2.37. The second-order valence-corrected chi connectivity index (χ2v) is 16.4. The predicted octanol–water partition coefficient (Wildman–Crippen LogP) is 11.5. The summed E-state index contributed by atoms with van der Waals surface area (Å²) in [7, 11) is 1.33.